The van der Waals surface area contributed by atoms with Crippen molar-refractivity contribution in [3.8, 4) is 0 Å². The van der Waals surface area contributed by atoms with Crippen LogP contribution in [0.1, 0.15) is 27.2 Å². The van der Waals surface area contributed by atoms with Gasteiger partial charge in [0.25, 0.3) is 5.91 Å². The second kappa shape index (κ2) is 10.4. The fourth-order valence-electron chi connectivity index (χ4n) is 7.15. The highest BCUT2D eigenvalue weighted by atomic mass is 32.2. The van der Waals surface area contributed by atoms with Crippen molar-refractivity contribution in [1.82, 2.24) is 9.80 Å². The van der Waals surface area contributed by atoms with Gasteiger partial charge < -0.3 is 19.8 Å². The number of benzene rings is 2. The minimum absolute atomic E-state index is 0.0123. The molecule has 0 saturated carbocycles. The minimum atomic E-state index is -0.896. The van der Waals surface area contributed by atoms with Gasteiger partial charge in [0.1, 0.15) is 6.04 Å². The highest BCUT2D eigenvalue weighted by Crippen LogP contribution is 2.61. The van der Waals surface area contributed by atoms with E-state index in [2.05, 4.69) is 6.08 Å². The number of likely N-dealkylation sites (tertiary alicyclic amines) is 1. The monoisotopic (exact) mass is 559 g/mol. The molecule has 7 nitrogen and oxygen atoms in total. The molecule has 4 aliphatic heterocycles. The topological polar surface area (TPSA) is 81.2 Å². The summed E-state index contributed by atoms with van der Waals surface area (Å²) in [5.41, 5.74) is 0.772. The lowest BCUT2D eigenvalue weighted by molar-refractivity contribution is -0.145. The van der Waals surface area contributed by atoms with Gasteiger partial charge in [0, 0.05) is 30.6 Å². The lowest BCUT2D eigenvalue weighted by Gasteiger charge is -2.39. The SMILES string of the molecule is CCCN1CC=C[C@@H]2S[C@]34C=CCN(c5ccc6ccccc6c5)C(=O)C3N([C@@H](CO)C(C)C)C(=O)[C@@H]4[C@@H]2C1=O. The normalized spacial score (nSPS) is 30.5. The predicted octanol–water partition coefficient (Wildman–Crippen LogP) is 3.87. The molecule has 4 heterocycles. The van der Waals surface area contributed by atoms with Crippen LogP contribution in [0.25, 0.3) is 10.8 Å². The molecule has 2 aromatic carbocycles. The van der Waals surface area contributed by atoms with Gasteiger partial charge in [-0.3, -0.25) is 14.4 Å². The molecule has 1 N–H and O–H groups in total. The maximum absolute atomic E-state index is 14.7. The summed E-state index contributed by atoms with van der Waals surface area (Å²) in [5.74, 6) is -1.67. The Morgan fingerprint density at radius 3 is 2.50 bits per heavy atom. The van der Waals surface area contributed by atoms with Crippen molar-refractivity contribution in [3.63, 3.8) is 0 Å². The van der Waals surface area contributed by atoms with Crippen molar-refractivity contribution in [2.45, 2.75) is 49.3 Å². The number of amides is 3. The average molecular weight is 560 g/mol. The van der Waals surface area contributed by atoms with Crippen LogP contribution in [-0.4, -0.2) is 80.9 Å². The van der Waals surface area contributed by atoms with Gasteiger partial charge in [-0.05, 0) is 35.2 Å². The Balaban J connectivity index is 1.48. The van der Waals surface area contributed by atoms with Gasteiger partial charge in [-0.1, -0.05) is 75.4 Å². The molecule has 2 saturated heterocycles. The largest absolute Gasteiger partial charge is 0.394 e. The predicted molar refractivity (Wildman–Crippen MR) is 159 cm³/mol. The average Bonchev–Trinajstić information content (AvgIpc) is 3.26. The summed E-state index contributed by atoms with van der Waals surface area (Å²) in [4.78, 5) is 48.4. The number of rotatable bonds is 6. The molecule has 0 radical (unpaired) electrons. The van der Waals surface area contributed by atoms with E-state index in [1.807, 2.05) is 86.4 Å². The maximum atomic E-state index is 14.7. The van der Waals surface area contributed by atoms with E-state index in [1.165, 1.54) is 0 Å². The molecule has 1 spiro atoms. The standard InChI is InChI=1S/C32H37N3O4S/c1-4-15-33-16-7-11-25-26(29(33)37)27-30(38)35(24(19-36)20(2)3)28-31(39)34(17-8-14-32(27,28)40-25)23-13-12-21-9-5-6-10-22(21)18-23/h5-14,18,20,24-28,36H,4,15-17,19H2,1-3H3/t24-,25-,26+,27-,28?,32-/m0/s1. The molecular weight excluding hydrogens is 522 g/mol. The van der Waals surface area contributed by atoms with E-state index in [0.29, 0.717) is 19.6 Å². The number of fused-ring (bicyclic) bond motifs is 3. The number of anilines is 1. The van der Waals surface area contributed by atoms with E-state index in [4.69, 9.17) is 0 Å². The first kappa shape index (κ1) is 27.1. The summed E-state index contributed by atoms with van der Waals surface area (Å²) in [6.45, 7) is 7.27. The Morgan fingerprint density at radius 1 is 1.00 bits per heavy atom. The zero-order valence-electron chi connectivity index (χ0n) is 23.3. The Bertz CT molecular complexity index is 1410. The van der Waals surface area contributed by atoms with Crippen molar-refractivity contribution in [1.29, 1.82) is 0 Å². The molecule has 8 heteroatoms. The molecule has 4 aliphatic rings. The van der Waals surface area contributed by atoms with Gasteiger partial charge >= 0.3 is 0 Å². The van der Waals surface area contributed by atoms with Gasteiger partial charge in [0.05, 0.1) is 29.2 Å². The van der Waals surface area contributed by atoms with Crippen molar-refractivity contribution >= 4 is 45.9 Å². The third-order valence-electron chi connectivity index (χ3n) is 9.03. The summed E-state index contributed by atoms with van der Waals surface area (Å²) in [6.07, 6.45) is 8.98. The molecule has 210 valence electrons. The van der Waals surface area contributed by atoms with Crippen LogP contribution < -0.4 is 4.90 Å². The zero-order valence-corrected chi connectivity index (χ0v) is 24.1. The first-order chi connectivity index (χ1) is 19.3. The first-order valence-corrected chi connectivity index (χ1v) is 15.2. The first-order valence-electron chi connectivity index (χ1n) is 14.4. The molecule has 0 aromatic heterocycles. The number of carbonyl (C=O) groups is 3. The molecule has 6 atom stereocenters. The summed E-state index contributed by atoms with van der Waals surface area (Å²) >= 11 is 1.59. The number of carbonyl (C=O) groups excluding carboxylic acids is 3. The third-order valence-corrected chi connectivity index (χ3v) is 10.8. The molecule has 1 unspecified atom stereocenters. The van der Waals surface area contributed by atoms with Crippen molar-refractivity contribution < 1.29 is 19.5 Å². The molecule has 6 rings (SSSR count). The smallest absolute Gasteiger partial charge is 0.251 e. The second-order valence-corrected chi connectivity index (χ2v) is 13.2. The summed E-state index contributed by atoms with van der Waals surface area (Å²) in [6, 6.07) is 12.7. The summed E-state index contributed by atoms with van der Waals surface area (Å²) < 4.78 is -0.896. The van der Waals surface area contributed by atoms with Crippen LogP contribution in [0.4, 0.5) is 5.69 Å². The van der Waals surface area contributed by atoms with E-state index in [-0.39, 0.29) is 35.5 Å². The van der Waals surface area contributed by atoms with Crippen LogP contribution >= 0.6 is 11.8 Å². The molecule has 0 bridgehead atoms. The maximum Gasteiger partial charge on any atom is 0.251 e. The molecule has 2 fully saturated rings. The van der Waals surface area contributed by atoms with Gasteiger partial charge in [-0.2, -0.15) is 0 Å². The summed E-state index contributed by atoms with van der Waals surface area (Å²) in [7, 11) is 0. The fourth-order valence-corrected chi connectivity index (χ4v) is 9.15. The number of hydrogen-bond acceptors (Lipinski definition) is 5. The molecule has 40 heavy (non-hydrogen) atoms. The van der Waals surface area contributed by atoms with Crippen LogP contribution in [0.15, 0.2) is 66.8 Å². The Morgan fingerprint density at radius 2 is 1.77 bits per heavy atom. The van der Waals surface area contributed by atoms with Crippen LogP contribution in [0.3, 0.4) is 0 Å². The molecule has 0 aliphatic carbocycles. The van der Waals surface area contributed by atoms with Crippen molar-refractivity contribution in [2.75, 3.05) is 31.1 Å². The fraction of sp³-hybridized carbons (Fsp3) is 0.469. The lowest BCUT2D eigenvalue weighted by atomic mass is 9.78. The van der Waals surface area contributed by atoms with Gasteiger partial charge in [0.2, 0.25) is 11.8 Å². The highest BCUT2D eigenvalue weighted by Gasteiger charge is 2.71. The van der Waals surface area contributed by atoms with Crippen molar-refractivity contribution in [3.05, 3.63) is 66.8 Å². The van der Waals surface area contributed by atoms with E-state index in [0.717, 1.165) is 22.9 Å². The molecule has 2 aromatic rings. The zero-order chi connectivity index (χ0) is 28.2. The van der Waals surface area contributed by atoms with Gasteiger partial charge in [0.15, 0.2) is 0 Å². The van der Waals surface area contributed by atoms with E-state index in [9.17, 15) is 19.5 Å². The quantitative estimate of drug-likeness (QED) is 0.544. The van der Waals surface area contributed by atoms with Crippen LogP contribution in [0.5, 0.6) is 0 Å². The summed E-state index contributed by atoms with van der Waals surface area (Å²) in [5, 5.41) is 12.4. The lowest BCUT2D eigenvalue weighted by Crippen LogP contribution is -2.57. The number of aliphatic hydroxyl groups excluding tert-OH is 1. The Hall–Kier alpha value is -3.10. The van der Waals surface area contributed by atoms with Crippen LogP contribution in [0, 0.1) is 17.8 Å². The number of nitrogens with zero attached hydrogens (tertiary/aromatic N) is 3. The van der Waals surface area contributed by atoms with E-state index >= 15 is 0 Å². The Labute approximate surface area is 239 Å². The van der Waals surface area contributed by atoms with E-state index < -0.39 is 28.7 Å². The van der Waals surface area contributed by atoms with Crippen LogP contribution in [0.2, 0.25) is 0 Å². The second-order valence-electron chi connectivity index (χ2n) is 11.7. The Kier molecular flexibility index (Phi) is 7.03. The van der Waals surface area contributed by atoms with Gasteiger partial charge in [-0.15, -0.1) is 11.8 Å². The number of aliphatic hydroxyl groups is 1. The van der Waals surface area contributed by atoms with Crippen molar-refractivity contribution in [2.24, 2.45) is 17.8 Å². The molecule has 3 amide bonds. The van der Waals surface area contributed by atoms with Crippen LogP contribution in [-0.2, 0) is 14.4 Å². The van der Waals surface area contributed by atoms with Gasteiger partial charge in [-0.25, -0.2) is 0 Å². The molecular formula is C32H37N3O4S. The third kappa shape index (κ3) is 4.02. The number of thioether (sulfide) groups is 1. The van der Waals surface area contributed by atoms with E-state index in [1.54, 1.807) is 21.6 Å². The highest BCUT2D eigenvalue weighted by molar-refractivity contribution is 8.02. The number of hydrogen-bond donors (Lipinski definition) is 1. The minimum Gasteiger partial charge on any atom is -0.394 e.